The fourth-order valence-corrected chi connectivity index (χ4v) is 5.08. The molecule has 2 fully saturated rings. The third-order valence-corrected chi connectivity index (χ3v) is 7.26. The Morgan fingerprint density at radius 3 is 2.59 bits per heavy atom. The molecule has 0 bridgehead atoms. The molecule has 5 rings (SSSR count). The van der Waals surface area contributed by atoms with Crippen molar-refractivity contribution in [3.63, 3.8) is 0 Å². The van der Waals surface area contributed by atoms with Gasteiger partial charge in [-0.3, -0.25) is 9.59 Å². The largest absolute Gasteiger partial charge is 0.381 e. The molecule has 3 aromatic rings. The summed E-state index contributed by atoms with van der Waals surface area (Å²) in [6.07, 6.45) is 8.04. The number of piperidine rings is 2. The second-order valence-electron chi connectivity index (χ2n) is 9.99. The van der Waals surface area contributed by atoms with E-state index in [1.807, 2.05) is 18.2 Å². The van der Waals surface area contributed by atoms with Crippen LogP contribution in [0, 0.1) is 17.2 Å². The molecule has 200 valence electrons. The van der Waals surface area contributed by atoms with E-state index in [4.69, 9.17) is 11.0 Å². The lowest BCUT2D eigenvalue weighted by Crippen LogP contribution is -2.45. The van der Waals surface area contributed by atoms with Crippen molar-refractivity contribution in [2.75, 3.05) is 40.1 Å². The number of aromatic nitrogens is 3. The van der Waals surface area contributed by atoms with Crippen molar-refractivity contribution >= 4 is 40.6 Å². The van der Waals surface area contributed by atoms with E-state index in [0.717, 1.165) is 43.9 Å². The zero-order chi connectivity index (χ0) is 27.4. The van der Waals surface area contributed by atoms with Gasteiger partial charge in [0.05, 0.1) is 28.7 Å². The summed E-state index contributed by atoms with van der Waals surface area (Å²) in [4.78, 5) is 41.6. The lowest BCUT2D eigenvalue weighted by atomic mass is 9.93. The van der Waals surface area contributed by atoms with Crippen LogP contribution in [0.3, 0.4) is 0 Å². The number of carbonyl (C=O) groups is 2. The van der Waals surface area contributed by atoms with Crippen LogP contribution in [0.4, 0.5) is 28.8 Å². The molecule has 2 atom stereocenters. The normalized spacial score (nSPS) is 19.3. The molecule has 2 saturated heterocycles. The van der Waals surface area contributed by atoms with Crippen molar-refractivity contribution in [3.8, 4) is 6.07 Å². The van der Waals surface area contributed by atoms with Gasteiger partial charge in [-0.1, -0.05) is 6.92 Å². The maximum atomic E-state index is 12.2. The van der Waals surface area contributed by atoms with Crippen molar-refractivity contribution in [1.82, 2.24) is 15.0 Å². The number of anilines is 5. The van der Waals surface area contributed by atoms with E-state index in [-0.39, 0.29) is 17.9 Å². The van der Waals surface area contributed by atoms with Gasteiger partial charge >= 0.3 is 0 Å². The van der Waals surface area contributed by atoms with Crippen molar-refractivity contribution in [2.24, 2.45) is 11.7 Å². The molecule has 3 aromatic heterocycles. The standard InChI is InChI=1S/C28H31N9O2/c1-18-17-36(26-8-5-19(13-29)14-33-26)11-9-22(18)34-23-12-25(32-16-21(23)28(30)39)35-24-7-6-20(15-31-24)37-10-3-2-4-27(37)38/h5-8,12,14-16,18,22H,2-4,9-11,17H2,1H3,(H2,30,39)(H2,31,32,34,35)/t18-,22+/m1/s1. The minimum Gasteiger partial charge on any atom is -0.381 e. The molecule has 2 aliphatic heterocycles. The molecular formula is C28H31N9O2. The quantitative estimate of drug-likeness (QED) is 0.421. The molecule has 0 saturated carbocycles. The summed E-state index contributed by atoms with van der Waals surface area (Å²) < 4.78 is 0. The number of nitrogens with two attached hydrogens (primary N) is 1. The Balaban J connectivity index is 1.27. The molecule has 11 heteroatoms. The molecule has 0 radical (unpaired) electrons. The van der Waals surface area contributed by atoms with Crippen LogP contribution in [0.25, 0.3) is 0 Å². The van der Waals surface area contributed by atoms with Crippen LogP contribution in [0.15, 0.2) is 48.9 Å². The first-order valence-electron chi connectivity index (χ1n) is 13.1. The Kier molecular flexibility index (Phi) is 7.54. The Morgan fingerprint density at radius 2 is 1.92 bits per heavy atom. The average Bonchev–Trinajstić information content (AvgIpc) is 2.95. The predicted molar refractivity (Wildman–Crippen MR) is 149 cm³/mol. The number of nitriles is 1. The Bertz CT molecular complexity index is 1390. The molecule has 0 spiro atoms. The van der Waals surface area contributed by atoms with E-state index in [2.05, 4.69) is 43.5 Å². The molecule has 2 aliphatic rings. The van der Waals surface area contributed by atoms with Gasteiger partial charge in [0, 0.05) is 50.6 Å². The van der Waals surface area contributed by atoms with E-state index >= 15 is 0 Å². The molecule has 2 amide bonds. The number of amides is 2. The average molecular weight is 526 g/mol. The van der Waals surface area contributed by atoms with Crippen molar-refractivity contribution in [2.45, 2.75) is 38.6 Å². The Morgan fingerprint density at radius 1 is 1.08 bits per heavy atom. The predicted octanol–water partition coefficient (Wildman–Crippen LogP) is 3.43. The van der Waals surface area contributed by atoms with Gasteiger partial charge in [-0.15, -0.1) is 0 Å². The van der Waals surface area contributed by atoms with E-state index in [1.165, 1.54) is 6.20 Å². The number of hydrogen-bond acceptors (Lipinski definition) is 9. The maximum Gasteiger partial charge on any atom is 0.252 e. The molecule has 39 heavy (non-hydrogen) atoms. The zero-order valence-electron chi connectivity index (χ0n) is 21.8. The van der Waals surface area contributed by atoms with Crippen molar-refractivity contribution < 1.29 is 9.59 Å². The minimum atomic E-state index is -0.558. The number of carbonyl (C=O) groups excluding carboxylic acids is 2. The van der Waals surface area contributed by atoms with Gasteiger partial charge < -0.3 is 26.2 Å². The molecular weight excluding hydrogens is 494 g/mol. The molecule has 0 unspecified atom stereocenters. The minimum absolute atomic E-state index is 0.104. The Labute approximate surface area is 227 Å². The summed E-state index contributed by atoms with van der Waals surface area (Å²) in [7, 11) is 0. The fraction of sp³-hybridized carbons (Fsp3) is 0.357. The van der Waals surface area contributed by atoms with Crippen LogP contribution in [-0.4, -0.2) is 52.4 Å². The van der Waals surface area contributed by atoms with Crippen LogP contribution in [-0.2, 0) is 4.79 Å². The number of primary amides is 1. The van der Waals surface area contributed by atoms with Gasteiger partial charge in [0.2, 0.25) is 5.91 Å². The van der Waals surface area contributed by atoms with E-state index in [9.17, 15) is 9.59 Å². The summed E-state index contributed by atoms with van der Waals surface area (Å²) in [5.74, 6) is 1.74. The summed E-state index contributed by atoms with van der Waals surface area (Å²) in [6.45, 7) is 4.41. The first kappa shape index (κ1) is 25.9. The monoisotopic (exact) mass is 525 g/mol. The highest BCUT2D eigenvalue weighted by Gasteiger charge is 2.28. The van der Waals surface area contributed by atoms with Gasteiger partial charge in [0.25, 0.3) is 5.91 Å². The van der Waals surface area contributed by atoms with E-state index in [1.54, 1.807) is 29.4 Å². The third-order valence-electron chi connectivity index (χ3n) is 7.26. The van der Waals surface area contributed by atoms with Crippen molar-refractivity contribution in [3.05, 3.63) is 60.0 Å². The number of hydrogen-bond donors (Lipinski definition) is 3. The Hall–Kier alpha value is -4.72. The molecule has 0 aromatic carbocycles. The molecule has 4 N–H and O–H groups in total. The van der Waals surface area contributed by atoms with Gasteiger partial charge in [-0.25, -0.2) is 15.0 Å². The van der Waals surface area contributed by atoms with Crippen LogP contribution < -0.4 is 26.2 Å². The summed E-state index contributed by atoms with van der Waals surface area (Å²) in [5.41, 5.74) is 7.89. The van der Waals surface area contributed by atoms with E-state index in [0.29, 0.717) is 41.4 Å². The highest BCUT2D eigenvalue weighted by Crippen LogP contribution is 2.28. The number of nitrogens with zero attached hydrogens (tertiary/aromatic N) is 6. The van der Waals surface area contributed by atoms with Crippen molar-refractivity contribution in [1.29, 1.82) is 5.26 Å². The molecule has 11 nitrogen and oxygen atoms in total. The van der Waals surface area contributed by atoms with Gasteiger partial charge in [0.15, 0.2) is 0 Å². The smallest absolute Gasteiger partial charge is 0.252 e. The topological polar surface area (TPSA) is 153 Å². The summed E-state index contributed by atoms with van der Waals surface area (Å²) in [6, 6.07) is 11.3. The number of pyridine rings is 3. The second kappa shape index (κ2) is 11.3. The third kappa shape index (κ3) is 5.90. The van der Waals surface area contributed by atoms with Gasteiger partial charge in [-0.2, -0.15) is 5.26 Å². The second-order valence-corrected chi connectivity index (χ2v) is 9.99. The maximum absolute atomic E-state index is 12.2. The van der Waals surface area contributed by atoms with Crippen LogP contribution in [0.1, 0.15) is 48.5 Å². The van der Waals surface area contributed by atoms with Gasteiger partial charge in [0.1, 0.15) is 23.5 Å². The number of nitrogens with one attached hydrogen (secondary N) is 2. The fourth-order valence-electron chi connectivity index (χ4n) is 5.08. The summed E-state index contributed by atoms with van der Waals surface area (Å²) >= 11 is 0. The van der Waals surface area contributed by atoms with Crippen LogP contribution >= 0.6 is 0 Å². The van der Waals surface area contributed by atoms with Crippen LogP contribution in [0.2, 0.25) is 0 Å². The lowest BCUT2D eigenvalue weighted by molar-refractivity contribution is -0.119. The van der Waals surface area contributed by atoms with E-state index < -0.39 is 5.91 Å². The highest BCUT2D eigenvalue weighted by atomic mass is 16.2. The first-order chi connectivity index (χ1) is 18.9. The molecule has 5 heterocycles. The highest BCUT2D eigenvalue weighted by molar-refractivity contribution is 5.98. The van der Waals surface area contributed by atoms with Gasteiger partial charge in [-0.05, 0) is 49.4 Å². The summed E-state index contributed by atoms with van der Waals surface area (Å²) in [5, 5.41) is 15.7. The number of rotatable bonds is 7. The SMILES string of the molecule is C[C@@H]1CN(c2ccc(C#N)cn2)CC[C@@H]1Nc1cc(Nc2ccc(N3CCCCC3=O)cn2)ncc1C(N)=O. The van der Waals surface area contributed by atoms with Crippen LogP contribution in [0.5, 0.6) is 0 Å². The molecule has 0 aliphatic carbocycles. The first-order valence-corrected chi connectivity index (χ1v) is 13.1. The zero-order valence-corrected chi connectivity index (χ0v) is 21.8. The lowest BCUT2D eigenvalue weighted by Gasteiger charge is -2.38.